The molecule has 1 aromatic carbocycles. The Morgan fingerprint density at radius 3 is 2.44 bits per heavy atom. The van der Waals surface area contributed by atoms with E-state index in [4.69, 9.17) is 0 Å². The molecule has 10 heteroatoms. The molecule has 0 saturated heterocycles. The number of rotatable bonds is 6. The van der Waals surface area contributed by atoms with Gasteiger partial charge in [-0.15, -0.1) is 10.2 Å². The predicted molar refractivity (Wildman–Crippen MR) is 124 cm³/mol. The second-order valence-electron chi connectivity index (χ2n) is 7.29. The standard InChI is InChI=1S/C22H23N7O2S/c1-14-18(21(31)29(28(14)4)17-8-6-5-7-9-17)24-20(30)15(2)32-22-26-25-19(27(22)3)16-10-12-23-13-11-16/h5-13,15H,1-4H3,(H,24,30). The van der Waals surface area contributed by atoms with Crippen molar-refractivity contribution >= 4 is 23.4 Å². The lowest BCUT2D eigenvalue weighted by atomic mass is 10.2. The number of benzene rings is 1. The number of carbonyl (C=O) groups is 1. The number of pyridine rings is 1. The number of hydrogen-bond acceptors (Lipinski definition) is 6. The van der Waals surface area contributed by atoms with Gasteiger partial charge in [-0.3, -0.25) is 19.3 Å². The van der Waals surface area contributed by atoms with E-state index in [1.54, 1.807) is 38.0 Å². The summed E-state index contributed by atoms with van der Waals surface area (Å²) in [7, 11) is 3.64. The molecule has 0 spiro atoms. The third-order valence-electron chi connectivity index (χ3n) is 5.23. The zero-order valence-electron chi connectivity index (χ0n) is 18.2. The Kier molecular flexibility index (Phi) is 5.95. The molecule has 164 valence electrons. The molecular formula is C22H23N7O2S. The summed E-state index contributed by atoms with van der Waals surface area (Å²) in [5.74, 6) is 0.404. The topological polar surface area (TPSA) is 99.6 Å². The van der Waals surface area contributed by atoms with E-state index in [1.165, 1.54) is 16.4 Å². The van der Waals surface area contributed by atoms with E-state index < -0.39 is 5.25 Å². The summed E-state index contributed by atoms with van der Waals surface area (Å²) in [4.78, 5) is 30.0. The molecule has 0 aliphatic carbocycles. The van der Waals surface area contributed by atoms with Gasteiger partial charge in [0.1, 0.15) is 5.69 Å². The molecule has 9 nitrogen and oxygen atoms in total. The van der Waals surface area contributed by atoms with Crippen LogP contribution in [0.3, 0.4) is 0 Å². The number of thioether (sulfide) groups is 1. The van der Waals surface area contributed by atoms with Crippen molar-refractivity contribution in [3.63, 3.8) is 0 Å². The number of aromatic nitrogens is 6. The van der Waals surface area contributed by atoms with Gasteiger partial charge in [-0.1, -0.05) is 30.0 Å². The van der Waals surface area contributed by atoms with Crippen LogP contribution in [-0.2, 0) is 18.9 Å². The van der Waals surface area contributed by atoms with Gasteiger partial charge >= 0.3 is 0 Å². The lowest BCUT2D eigenvalue weighted by molar-refractivity contribution is -0.115. The van der Waals surface area contributed by atoms with E-state index in [1.807, 2.05) is 54.1 Å². The molecule has 1 amide bonds. The van der Waals surface area contributed by atoms with Gasteiger partial charge in [0.25, 0.3) is 5.56 Å². The zero-order valence-corrected chi connectivity index (χ0v) is 19.0. The maximum atomic E-state index is 13.0. The lowest BCUT2D eigenvalue weighted by Gasteiger charge is -2.11. The smallest absolute Gasteiger partial charge is 0.295 e. The van der Waals surface area contributed by atoms with Crippen LogP contribution in [0, 0.1) is 6.92 Å². The van der Waals surface area contributed by atoms with Crippen molar-refractivity contribution in [3.8, 4) is 17.1 Å². The van der Waals surface area contributed by atoms with Crippen LogP contribution >= 0.6 is 11.8 Å². The van der Waals surface area contributed by atoms with Crippen LogP contribution in [0.4, 0.5) is 5.69 Å². The van der Waals surface area contributed by atoms with Crippen LogP contribution in [0.2, 0.25) is 0 Å². The fraction of sp³-hybridized carbons (Fsp3) is 0.227. The van der Waals surface area contributed by atoms with Crippen molar-refractivity contribution < 1.29 is 4.79 Å². The highest BCUT2D eigenvalue weighted by molar-refractivity contribution is 8.00. The Morgan fingerprint density at radius 2 is 1.75 bits per heavy atom. The second-order valence-corrected chi connectivity index (χ2v) is 8.59. The van der Waals surface area contributed by atoms with Gasteiger partial charge < -0.3 is 9.88 Å². The zero-order chi connectivity index (χ0) is 22.8. The largest absolute Gasteiger partial charge is 0.319 e. The average Bonchev–Trinajstić information content (AvgIpc) is 3.27. The Hall–Kier alpha value is -3.66. The van der Waals surface area contributed by atoms with Crippen LogP contribution in [0.15, 0.2) is 64.8 Å². The van der Waals surface area contributed by atoms with Crippen molar-refractivity contribution in [2.75, 3.05) is 5.32 Å². The monoisotopic (exact) mass is 449 g/mol. The minimum absolute atomic E-state index is 0.268. The van der Waals surface area contributed by atoms with Crippen LogP contribution in [-0.4, -0.2) is 40.3 Å². The molecule has 0 saturated carbocycles. The second kappa shape index (κ2) is 8.83. The first-order valence-electron chi connectivity index (χ1n) is 9.99. The van der Waals surface area contributed by atoms with Crippen molar-refractivity contribution in [1.29, 1.82) is 0 Å². The summed E-state index contributed by atoms with van der Waals surface area (Å²) >= 11 is 1.28. The summed E-state index contributed by atoms with van der Waals surface area (Å²) in [5.41, 5.74) is 2.28. The van der Waals surface area contributed by atoms with Gasteiger partial charge in [-0.05, 0) is 38.1 Å². The first kappa shape index (κ1) is 21.6. The van der Waals surface area contributed by atoms with Crippen molar-refractivity contribution in [1.82, 2.24) is 29.1 Å². The van der Waals surface area contributed by atoms with Gasteiger partial charge in [0.05, 0.1) is 16.6 Å². The average molecular weight is 450 g/mol. The summed E-state index contributed by atoms with van der Waals surface area (Å²) < 4.78 is 5.10. The molecule has 4 aromatic rings. The highest BCUT2D eigenvalue weighted by atomic mass is 32.2. The first-order chi connectivity index (χ1) is 15.4. The fourth-order valence-electron chi connectivity index (χ4n) is 3.32. The molecule has 1 N–H and O–H groups in total. The van der Waals surface area contributed by atoms with Gasteiger partial charge in [0, 0.05) is 32.1 Å². The molecule has 3 aromatic heterocycles. The Balaban J connectivity index is 1.53. The van der Waals surface area contributed by atoms with E-state index in [0.717, 1.165) is 11.3 Å². The Bertz CT molecular complexity index is 1310. The summed E-state index contributed by atoms with van der Waals surface area (Å²) in [6.07, 6.45) is 3.38. The molecule has 1 unspecified atom stereocenters. The number of hydrogen-bond donors (Lipinski definition) is 1. The van der Waals surface area contributed by atoms with Gasteiger partial charge in [-0.2, -0.15) is 0 Å². The molecule has 0 aliphatic heterocycles. The normalized spacial score (nSPS) is 12.0. The number of carbonyl (C=O) groups excluding carboxylic acids is 1. The SMILES string of the molecule is Cc1c(NC(=O)C(C)Sc2nnc(-c3ccncc3)n2C)c(=O)n(-c2ccccc2)n1C. The Labute approximate surface area is 189 Å². The minimum atomic E-state index is -0.493. The summed E-state index contributed by atoms with van der Waals surface area (Å²) in [6, 6.07) is 13.0. The van der Waals surface area contributed by atoms with Crippen molar-refractivity contribution in [2.45, 2.75) is 24.3 Å². The highest BCUT2D eigenvalue weighted by Gasteiger charge is 2.23. The van der Waals surface area contributed by atoms with Gasteiger partial charge in [0.2, 0.25) is 5.91 Å². The molecule has 0 aliphatic rings. The predicted octanol–water partition coefficient (Wildman–Crippen LogP) is 2.79. The third-order valence-corrected chi connectivity index (χ3v) is 6.36. The Morgan fingerprint density at radius 1 is 1.06 bits per heavy atom. The maximum Gasteiger partial charge on any atom is 0.295 e. The molecule has 4 rings (SSSR count). The molecular weight excluding hydrogens is 426 g/mol. The van der Waals surface area contributed by atoms with E-state index >= 15 is 0 Å². The lowest BCUT2D eigenvalue weighted by Crippen LogP contribution is -2.27. The summed E-state index contributed by atoms with van der Waals surface area (Å²) in [6.45, 7) is 3.58. The van der Waals surface area contributed by atoms with Crippen LogP contribution in [0.25, 0.3) is 17.1 Å². The minimum Gasteiger partial charge on any atom is -0.319 e. The number of nitrogens with zero attached hydrogens (tertiary/aromatic N) is 6. The highest BCUT2D eigenvalue weighted by Crippen LogP contribution is 2.26. The number of anilines is 1. The molecule has 0 fully saturated rings. The van der Waals surface area contributed by atoms with Gasteiger partial charge in [-0.25, -0.2) is 4.68 Å². The van der Waals surface area contributed by atoms with E-state index in [9.17, 15) is 9.59 Å². The quantitative estimate of drug-likeness (QED) is 0.455. The van der Waals surface area contributed by atoms with Crippen LogP contribution in [0.5, 0.6) is 0 Å². The van der Waals surface area contributed by atoms with Crippen LogP contribution < -0.4 is 10.9 Å². The third kappa shape index (κ3) is 3.96. The number of para-hydroxylation sites is 1. The van der Waals surface area contributed by atoms with Crippen LogP contribution in [0.1, 0.15) is 12.6 Å². The fourth-order valence-corrected chi connectivity index (χ4v) is 4.13. The van der Waals surface area contributed by atoms with E-state index in [2.05, 4.69) is 20.5 Å². The van der Waals surface area contributed by atoms with E-state index in [-0.39, 0.29) is 17.2 Å². The molecule has 0 bridgehead atoms. The molecule has 1 atom stereocenters. The van der Waals surface area contributed by atoms with Gasteiger partial charge in [0.15, 0.2) is 11.0 Å². The first-order valence-corrected chi connectivity index (χ1v) is 10.9. The number of amides is 1. The van der Waals surface area contributed by atoms with Crippen molar-refractivity contribution in [3.05, 3.63) is 70.9 Å². The summed E-state index contributed by atoms with van der Waals surface area (Å²) in [5, 5.41) is 11.4. The molecule has 32 heavy (non-hydrogen) atoms. The maximum absolute atomic E-state index is 13.0. The molecule has 0 radical (unpaired) electrons. The number of nitrogens with one attached hydrogen (secondary N) is 1. The van der Waals surface area contributed by atoms with Crippen molar-refractivity contribution in [2.24, 2.45) is 14.1 Å². The van der Waals surface area contributed by atoms with E-state index in [0.29, 0.717) is 16.7 Å². The molecule has 3 heterocycles.